The van der Waals surface area contributed by atoms with E-state index in [-0.39, 0.29) is 24.4 Å². The molecule has 1 unspecified atom stereocenters. The Labute approximate surface area is 112 Å². The van der Waals surface area contributed by atoms with E-state index in [9.17, 15) is 4.79 Å². The molecule has 0 bridgehead atoms. The summed E-state index contributed by atoms with van der Waals surface area (Å²) in [5, 5.41) is 3.26. The van der Waals surface area contributed by atoms with Gasteiger partial charge in [-0.25, -0.2) is 0 Å². The molecule has 102 valence electrons. The first-order valence-corrected chi connectivity index (χ1v) is 6.67. The Morgan fingerprint density at radius 3 is 2.47 bits per heavy atom. The molecular weight excluding hydrogens is 236 g/mol. The third-order valence-corrected chi connectivity index (χ3v) is 3.54. The van der Waals surface area contributed by atoms with Gasteiger partial charge in [-0.1, -0.05) is 26.2 Å². The summed E-state index contributed by atoms with van der Waals surface area (Å²) in [6.07, 6.45) is 7.33. The van der Waals surface area contributed by atoms with Gasteiger partial charge in [0.15, 0.2) is 0 Å². The molecule has 0 radical (unpaired) electrons. The normalized spacial score (nSPS) is 18.3. The second-order valence-electron chi connectivity index (χ2n) is 4.92. The van der Waals surface area contributed by atoms with Crippen LogP contribution in [-0.2, 0) is 4.79 Å². The maximum Gasteiger partial charge on any atom is 0.239 e. The highest BCUT2D eigenvalue weighted by atomic mass is 35.5. The SMILES string of the molecule is CCCNC(C)C(=O)N(C)C1CCCCC1.Cl. The van der Waals surface area contributed by atoms with Crippen LogP contribution >= 0.6 is 12.4 Å². The van der Waals surface area contributed by atoms with Crippen LogP contribution in [0.5, 0.6) is 0 Å². The minimum Gasteiger partial charge on any atom is -0.341 e. The summed E-state index contributed by atoms with van der Waals surface area (Å²) in [5.74, 6) is 0.250. The molecule has 3 nitrogen and oxygen atoms in total. The highest BCUT2D eigenvalue weighted by Crippen LogP contribution is 2.21. The molecule has 1 saturated carbocycles. The van der Waals surface area contributed by atoms with Crippen molar-refractivity contribution in [1.29, 1.82) is 0 Å². The summed E-state index contributed by atoms with van der Waals surface area (Å²) in [6.45, 7) is 5.01. The molecule has 0 aromatic heterocycles. The third kappa shape index (κ3) is 5.26. The molecule has 0 heterocycles. The van der Waals surface area contributed by atoms with Crippen LogP contribution in [-0.4, -0.2) is 36.5 Å². The monoisotopic (exact) mass is 262 g/mol. The number of rotatable bonds is 5. The lowest BCUT2D eigenvalue weighted by Crippen LogP contribution is -2.48. The van der Waals surface area contributed by atoms with Crippen molar-refractivity contribution in [3.05, 3.63) is 0 Å². The van der Waals surface area contributed by atoms with E-state index >= 15 is 0 Å². The highest BCUT2D eigenvalue weighted by Gasteiger charge is 2.24. The Balaban J connectivity index is 0.00000256. The number of carbonyl (C=O) groups is 1. The molecule has 1 amide bonds. The Hall–Kier alpha value is -0.280. The minimum atomic E-state index is -0.0353. The number of nitrogens with one attached hydrogen (secondary N) is 1. The first-order chi connectivity index (χ1) is 7.66. The number of nitrogens with zero attached hydrogens (tertiary/aromatic N) is 1. The molecule has 1 atom stereocenters. The molecule has 0 spiro atoms. The molecule has 1 N–H and O–H groups in total. The topological polar surface area (TPSA) is 32.3 Å². The molecule has 0 aromatic carbocycles. The predicted octanol–water partition coefficient (Wildman–Crippen LogP) is 2.59. The first kappa shape index (κ1) is 16.7. The van der Waals surface area contributed by atoms with Crippen molar-refractivity contribution < 1.29 is 4.79 Å². The Kier molecular flexibility index (Phi) is 8.61. The minimum absolute atomic E-state index is 0. The van der Waals surface area contributed by atoms with Crippen LogP contribution in [0.2, 0.25) is 0 Å². The fourth-order valence-corrected chi connectivity index (χ4v) is 2.40. The van der Waals surface area contributed by atoms with Crippen LogP contribution in [0.25, 0.3) is 0 Å². The van der Waals surface area contributed by atoms with Gasteiger partial charge in [0.25, 0.3) is 0 Å². The molecule has 1 aliphatic rings. The van der Waals surface area contributed by atoms with E-state index in [2.05, 4.69) is 12.2 Å². The molecule has 0 saturated heterocycles. The molecule has 4 heteroatoms. The maximum atomic E-state index is 12.1. The zero-order valence-electron chi connectivity index (χ0n) is 11.4. The summed E-state index contributed by atoms with van der Waals surface area (Å²) >= 11 is 0. The lowest BCUT2D eigenvalue weighted by Gasteiger charge is -2.33. The van der Waals surface area contributed by atoms with Gasteiger partial charge in [-0.3, -0.25) is 4.79 Å². The van der Waals surface area contributed by atoms with E-state index in [1.807, 2.05) is 18.9 Å². The lowest BCUT2D eigenvalue weighted by molar-refractivity contribution is -0.134. The summed E-state index contributed by atoms with van der Waals surface area (Å²) in [5.41, 5.74) is 0. The van der Waals surface area contributed by atoms with Crippen molar-refractivity contribution >= 4 is 18.3 Å². The molecule has 1 aliphatic carbocycles. The lowest BCUT2D eigenvalue weighted by atomic mass is 9.94. The summed E-state index contributed by atoms with van der Waals surface area (Å²) < 4.78 is 0. The van der Waals surface area contributed by atoms with Crippen molar-refractivity contribution in [2.75, 3.05) is 13.6 Å². The van der Waals surface area contributed by atoms with Crippen LogP contribution in [0.15, 0.2) is 0 Å². The molecule has 1 fully saturated rings. The highest BCUT2D eigenvalue weighted by molar-refractivity contribution is 5.85. The van der Waals surface area contributed by atoms with Crippen LogP contribution in [0.1, 0.15) is 52.4 Å². The average molecular weight is 263 g/mol. The largest absolute Gasteiger partial charge is 0.341 e. The van der Waals surface area contributed by atoms with E-state index in [1.165, 1.54) is 32.1 Å². The third-order valence-electron chi connectivity index (χ3n) is 3.54. The number of likely N-dealkylation sites (N-methyl/N-ethyl adjacent to an activating group) is 1. The van der Waals surface area contributed by atoms with Crippen LogP contribution in [0.3, 0.4) is 0 Å². The van der Waals surface area contributed by atoms with E-state index < -0.39 is 0 Å². The zero-order valence-corrected chi connectivity index (χ0v) is 12.2. The van der Waals surface area contributed by atoms with Gasteiger partial charge in [0.2, 0.25) is 5.91 Å². The van der Waals surface area contributed by atoms with Gasteiger partial charge < -0.3 is 10.2 Å². The Morgan fingerprint density at radius 1 is 1.35 bits per heavy atom. The van der Waals surface area contributed by atoms with E-state index in [0.717, 1.165) is 13.0 Å². The number of hydrogen-bond donors (Lipinski definition) is 1. The standard InChI is InChI=1S/C13H26N2O.ClH/c1-4-10-14-11(2)13(16)15(3)12-8-6-5-7-9-12;/h11-12,14H,4-10H2,1-3H3;1H. The molecule has 0 aromatic rings. The summed E-state index contributed by atoms with van der Waals surface area (Å²) in [6, 6.07) is 0.444. The molecule has 1 rings (SSSR count). The molecule has 17 heavy (non-hydrogen) atoms. The number of hydrogen-bond acceptors (Lipinski definition) is 2. The fourth-order valence-electron chi connectivity index (χ4n) is 2.40. The van der Waals surface area contributed by atoms with E-state index in [4.69, 9.17) is 0 Å². The van der Waals surface area contributed by atoms with Crippen LogP contribution in [0, 0.1) is 0 Å². The number of amides is 1. The van der Waals surface area contributed by atoms with Gasteiger partial charge in [-0.05, 0) is 32.7 Å². The first-order valence-electron chi connectivity index (χ1n) is 6.67. The van der Waals surface area contributed by atoms with Gasteiger partial charge in [-0.2, -0.15) is 0 Å². The van der Waals surface area contributed by atoms with Gasteiger partial charge in [-0.15, -0.1) is 12.4 Å². The van der Waals surface area contributed by atoms with Crippen molar-refractivity contribution in [1.82, 2.24) is 10.2 Å². The van der Waals surface area contributed by atoms with Crippen molar-refractivity contribution in [3.63, 3.8) is 0 Å². The predicted molar refractivity (Wildman–Crippen MR) is 74.6 cm³/mol. The Bertz CT molecular complexity index is 217. The quantitative estimate of drug-likeness (QED) is 0.826. The second-order valence-corrected chi connectivity index (χ2v) is 4.92. The fraction of sp³-hybridized carbons (Fsp3) is 0.923. The average Bonchev–Trinajstić information content (AvgIpc) is 2.35. The van der Waals surface area contributed by atoms with Gasteiger partial charge in [0, 0.05) is 13.1 Å². The van der Waals surface area contributed by atoms with Gasteiger partial charge in [0.05, 0.1) is 6.04 Å². The molecular formula is C13H27ClN2O. The van der Waals surface area contributed by atoms with Gasteiger partial charge >= 0.3 is 0 Å². The van der Waals surface area contributed by atoms with Crippen LogP contribution in [0.4, 0.5) is 0 Å². The van der Waals surface area contributed by atoms with E-state index in [0.29, 0.717) is 6.04 Å². The Morgan fingerprint density at radius 2 is 1.94 bits per heavy atom. The summed E-state index contributed by atoms with van der Waals surface area (Å²) in [7, 11) is 1.96. The maximum absolute atomic E-state index is 12.1. The smallest absolute Gasteiger partial charge is 0.239 e. The van der Waals surface area contributed by atoms with Crippen molar-refractivity contribution in [3.8, 4) is 0 Å². The zero-order chi connectivity index (χ0) is 12.0. The van der Waals surface area contributed by atoms with Crippen molar-refractivity contribution in [2.24, 2.45) is 0 Å². The summed E-state index contributed by atoms with van der Waals surface area (Å²) in [4.78, 5) is 14.1. The van der Waals surface area contributed by atoms with Crippen LogP contribution < -0.4 is 5.32 Å². The van der Waals surface area contributed by atoms with Gasteiger partial charge in [0.1, 0.15) is 0 Å². The van der Waals surface area contributed by atoms with E-state index in [1.54, 1.807) is 0 Å². The molecule has 0 aliphatic heterocycles. The second kappa shape index (κ2) is 8.76. The number of halogens is 1. The number of carbonyl (C=O) groups excluding carboxylic acids is 1. The van der Waals surface area contributed by atoms with Crippen molar-refractivity contribution in [2.45, 2.75) is 64.5 Å².